The van der Waals surface area contributed by atoms with Crippen molar-refractivity contribution >= 4 is 5.97 Å². The van der Waals surface area contributed by atoms with Crippen molar-refractivity contribution in [2.45, 2.75) is 46.1 Å². The Morgan fingerprint density at radius 1 is 1.38 bits per heavy atom. The van der Waals surface area contributed by atoms with E-state index in [0.717, 1.165) is 19.4 Å². The van der Waals surface area contributed by atoms with Gasteiger partial charge in [-0.15, -0.1) is 0 Å². The minimum absolute atomic E-state index is 0.121. The molecule has 0 aromatic carbocycles. The van der Waals surface area contributed by atoms with Gasteiger partial charge in [0, 0.05) is 13.0 Å². The predicted molar refractivity (Wildman–Crippen MR) is 51.6 cm³/mol. The molecule has 78 valence electrons. The highest BCUT2D eigenvalue weighted by molar-refractivity contribution is 5.69. The van der Waals surface area contributed by atoms with Crippen molar-refractivity contribution < 1.29 is 14.3 Å². The second-order valence-electron chi connectivity index (χ2n) is 3.08. The maximum Gasteiger partial charge on any atom is 0.305 e. The number of esters is 1. The summed E-state index contributed by atoms with van der Waals surface area (Å²) in [4.78, 5) is 10.8. The summed E-state index contributed by atoms with van der Waals surface area (Å²) in [5.74, 6) is -0.161. The van der Waals surface area contributed by atoms with Crippen molar-refractivity contribution in [1.29, 1.82) is 0 Å². The topological polar surface area (TPSA) is 35.5 Å². The van der Waals surface area contributed by atoms with Gasteiger partial charge in [0.2, 0.25) is 0 Å². The van der Waals surface area contributed by atoms with Gasteiger partial charge >= 0.3 is 5.97 Å². The van der Waals surface area contributed by atoms with Crippen molar-refractivity contribution in [2.24, 2.45) is 0 Å². The molecular weight excluding hydrogens is 168 g/mol. The van der Waals surface area contributed by atoms with Crippen LogP contribution < -0.4 is 0 Å². The smallest absolute Gasteiger partial charge is 0.305 e. The Balaban J connectivity index is 3.29. The first kappa shape index (κ1) is 12.4. The molecule has 1 atom stereocenters. The van der Waals surface area contributed by atoms with Gasteiger partial charge in [-0.05, 0) is 13.3 Å². The van der Waals surface area contributed by atoms with E-state index in [0.29, 0.717) is 13.0 Å². The predicted octanol–water partition coefficient (Wildman–Crippen LogP) is 2.14. The second-order valence-corrected chi connectivity index (χ2v) is 3.08. The van der Waals surface area contributed by atoms with Crippen molar-refractivity contribution in [1.82, 2.24) is 0 Å². The first-order valence-electron chi connectivity index (χ1n) is 4.97. The van der Waals surface area contributed by atoms with Gasteiger partial charge in [0.1, 0.15) is 6.10 Å². The zero-order valence-electron chi connectivity index (χ0n) is 8.84. The number of ether oxygens (including phenoxy) is 2. The zero-order valence-corrected chi connectivity index (χ0v) is 8.84. The van der Waals surface area contributed by atoms with E-state index in [2.05, 4.69) is 6.92 Å². The number of carbonyl (C=O) groups excluding carboxylic acids is 1. The molecule has 3 heteroatoms. The fraction of sp³-hybridized carbons (Fsp3) is 0.900. The highest BCUT2D eigenvalue weighted by Gasteiger charge is 2.06. The summed E-state index contributed by atoms with van der Waals surface area (Å²) in [7, 11) is 0. The third-order valence-electron chi connectivity index (χ3n) is 1.62. The minimum Gasteiger partial charge on any atom is -0.460 e. The van der Waals surface area contributed by atoms with Crippen molar-refractivity contribution in [2.75, 3.05) is 13.2 Å². The maximum atomic E-state index is 10.8. The lowest BCUT2D eigenvalue weighted by atomic mass is 10.3. The molecule has 3 nitrogen and oxygen atoms in total. The molecule has 0 heterocycles. The van der Waals surface area contributed by atoms with Gasteiger partial charge < -0.3 is 9.47 Å². The Morgan fingerprint density at radius 2 is 2.08 bits per heavy atom. The molecule has 0 aliphatic heterocycles. The number of carbonyl (C=O) groups is 1. The van der Waals surface area contributed by atoms with Crippen LogP contribution in [0.2, 0.25) is 0 Å². The molecule has 13 heavy (non-hydrogen) atoms. The molecule has 0 saturated carbocycles. The second kappa shape index (κ2) is 8.05. The van der Waals surface area contributed by atoms with Crippen LogP contribution in [-0.2, 0) is 14.3 Å². The highest BCUT2D eigenvalue weighted by atomic mass is 16.6. The van der Waals surface area contributed by atoms with Crippen LogP contribution in [0.15, 0.2) is 0 Å². The monoisotopic (exact) mass is 188 g/mol. The lowest BCUT2D eigenvalue weighted by Gasteiger charge is -2.12. The molecule has 0 fully saturated rings. The highest BCUT2D eigenvalue weighted by Crippen LogP contribution is 1.96. The van der Waals surface area contributed by atoms with Crippen LogP contribution in [0.3, 0.4) is 0 Å². The van der Waals surface area contributed by atoms with E-state index in [1.54, 1.807) is 6.92 Å². The quantitative estimate of drug-likeness (QED) is 0.453. The van der Waals surface area contributed by atoms with E-state index in [9.17, 15) is 4.79 Å². The van der Waals surface area contributed by atoms with Crippen LogP contribution in [0.4, 0.5) is 0 Å². The van der Waals surface area contributed by atoms with Gasteiger partial charge in [0.15, 0.2) is 0 Å². The van der Waals surface area contributed by atoms with E-state index in [1.807, 2.05) is 6.92 Å². The summed E-state index contributed by atoms with van der Waals surface area (Å²) in [6.45, 7) is 7.01. The SMILES string of the molecule is CCCCOCC(C)OC(=O)CC. The van der Waals surface area contributed by atoms with Crippen LogP contribution in [0.25, 0.3) is 0 Å². The van der Waals surface area contributed by atoms with Gasteiger partial charge in [0.05, 0.1) is 6.61 Å². The lowest BCUT2D eigenvalue weighted by molar-refractivity contribution is -0.150. The van der Waals surface area contributed by atoms with Gasteiger partial charge in [-0.2, -0.15) is 0 Å². The van der Waals surface area contributed by atoms with Crippen molar-refractivity contribution in [3.05, 3.63) is 0 Å². The first-order valence-corrected chi connectivity index (χ1v) is 4.97. The summed E-state index contributed by atoms with van der Waals surface area (Å²) in [6, 6.07) is 0. The average Bonchev–Trinajstić information content (AvgIpc) is 2.12. The largest absolute Gasteiger partial charge is 0.460 e. The summed E-state index contributed by atoms with van der Waals surface area (Å²) < 4.78 is 10.3. The fourth-order valence-corrected chi connectivity index (χ4v) is 0.837. The van der Waals surface area contributed by atoms with Crippen LogP contribution in [0.1, 0.15) is 40.0 Å². The van der Waals surface area contributed by atoms with Gasteiger partial charge in [-0.3, -0.25) is 4.79 Å². The van der Waals surface area contributed by atoms with Crippen molar-refractivity contribution in [3.8, 4) is 0 Å². The summed E-state index contributed by atoms with van der Waals surface area (Å²) >= 11 is 0. The summed E-state index contributed by atoms with van der Waals surface area (Å²) in [5, 5.41) is 0. The number of unbranched alkanes of at least 4 members (excludes halogenated alkanes) is 1. The number of hydrogen-bond donors (Lipinski definition) is 0. The molecule has 1 unspecified atom stereocenters. The van der Waals surface area contributed by atoms with E-state index in [1.165, 1.54) is 0 Å². The lowest BCUT2D eigenvalue weighted by Crippen LogP contribution is -2.20. The molecule has 0 saturated heterocycles. The molecule has 0 aromatic heterocycles. The maximum absolute atomic E-state index is 10.8. The van der Waals surface area contributed by atoms with E-state index >= 15 is 0 Å². The zero-order chi connectivity index (χ0) is 10.1. The summed E-state index contributed by atoms with van der Waals surface area (Å²) in [6.07, 6.45) is 2.50. The molecule has 0 bridgehead atoms. The Bertz CT molecular complexity index is 134. The Morgan fingerprint density at radius 3 is 2.62 bits per heavy atom. The normalized spacial score (nSPS) is 12.5. The minimum atomic E-state index is -0.161. The molecule has 0 aromatic rings. The van der Waals surface area contributed by atoms with Crippen molar-refractivity contribution in [3.63, 3.8) is 0 Å². The van der Waals surface area contributed by atoms with Crippen LogP contribution in [0.5, 0.6) is 0 Å². The first-order chi connectivity index (χ1) is 6.20. The van der Waals surface area contributed by atoms with Crippen LogP contribution >= 0.6 is 0 Å². The molecule has 0 amide bonds. The Labute approximate surface area is 80.4 Å². The standard InChI is InChI=1S/C10H20O3/c1-4-6-7-12-8-9(3)13-10(11)5-2/h9H,4-8H2,1-3H3. The number of rotatable bonds is 7. The third kappa shape index (κ3) is 7.78. The molecule has 0 N–H and O–H groups in total. The van der Waals surface area contributed by atoms with Gasteiger partial charge in [-0.25, -0.2) is 0 Å². The third-order valence-corrected chi connectivity index (χ3v) is 1.62. The fourth-order valence-electron chi connectivity index (χ4n) is 0.837. The molecule has 0 aliphatic rings. The molecule has 0 aliphatic carbocycles. The van der Waals surface area contributed by atoms with E-state index in [4.69, 9.17) is 9.47 Å². The van der Waals surface area contributed by atoms with Crippen LogP contribution in [0, 0.1) is 0 Å². The van der Waals surface area contributed by atoms with Gasteiger partial charge in [0.25, 0.3) is 0 Å². The molecule has 0 spiro atoms. The Kier molecular flexibility index (Phi) is 7.69. The van der Waals surface area contributed by atoms with E-state index < -0.39 is 0 Å². The molecule has 0 radical (unpaired) electrons. The van der Waals surface area contributed by atoms with Gasteiger partial charge in [-0.1, -0.05) is 20.3 Å². The number of hydrogen-bond acceptors (Lipinski definition) is 3. The summed E-state index contributed by atoms with van der Waals surface area (Å²) in [5.41, 5.74) is 0. The molecule has 0 rings (SSSR count). The molecular formula is C10H20O3. The Hall–Kier alpha value is -0.570. The average molecular weight is 188 g/mol. The van der Waals surface area contributed by atoms with Crippen LogP contribution in [-0.4, -0.2) is 25.3 Å². The van der Waals surface area contributed by atoms with E-state index in [-0.39, 0.29) is 12.1 Å².